The van der Waals surface area contributed by atoms with E-state index in [1.54, 1.807) is 11.8 Å². The first kappa shape index (κ1) is 26.3. The van der Waals surface area contributed by atoms with Crippen LogP contribution in [0.25, 0.3) is 28.0 Å². The fourth-order valence-corrected chi connectivity index (χ4v) is 5.44. The van der Waals surface area contributed by atoms with Crippen molar-refractivity contribution in [2.75, 3.05) is 19.7 Å². The number of carbonyl (C=O) groups is 2. The van der Waals surface area contributed by atoms with Crippen molar-refractivity contribution in [3.05, 3.63) is 82.6 Å². The Balaban J connectivity index is 1.46. The Morgan fingerprint density at radius 3 is 2.55 bits per heavy atom. The van der Waals surface area contributed by atoms with Crippen LogP contribution in [0.15, 0.2) is 66.9 Å². The molecule has 0 N–H and O–H groups in total. The monoisotopic (exact) mass is 549 g/mol. The molecule has 6 nitrogen and oxygen atoms in total. The molecule has 1 aliphatic rings. The Morgan fingerprint density at radius 1 is 1.03 bits per heavy atom. The number of rotatable bonds is 7. The standard InChI is InChI=1S/C30H29Cl2N3O3/c1-2-38-30(37)22-6-5-17-34(18-22)28(36)16-14-26-29(20-9-12-23(31)13-10-20)33-27-15-11-21(19-35(26)27)24-7-3-4-8-25(24)32/h3-4,7-13,15,19,22H,2,5-6,14,16-18H2,1H3. The number of imidazole rings is 1. The van der Waals surface area contributed by atoms with E-state index in [1.807, 2.05) is 71.3 Å². The molecule has 0 aliphatic carbocycles. The number of hydrogen-bond donors (Lipinski definition) is 0. The van der Waals surface area contributed by atoms with Crippen LogP contribution >= 0.6 is 23.2 Å². The van der Waals surface area contributed by atoms with E-state index in [0.717, 1.165) is 46.6 Å². The molecule has 1 unspecified atom stereocenters. The minimum atomic E-state index is -0.258. The maximum absolute atomic E-state index is 13.3. The Morgan fingerprint density at radius 2 is 1.79 bits per heavy atom. The summed E-state index contributed by atoms with van der Waals surface area (Å²) in [5.41, 5.74) is 5.35. The number of nitrogens with zero attached hydrogens (tertiary/aromatic N) is 3. The van der Waals surface area contributed by atoms with Crippen molar-refractivity contribution in [3.63, 3.8) is 0 Å². The second kappa shape index (κ2) is 11.6. The Labute approximate surface area is 232 Å². The molecule has 0 spiro atoms. The van der Waals surface area contributed by atoms with E-state index >= 15 is 0 Å². The summed E-state index contributed by atoms with van der Waals surface area (Å²) in [5, 5.41) is 1.32. The van der Waals surface area contributed by atoms with Gasteiger partial charge in [-0.3, -0.25) is 9.59 Å². The number of likely N-dealkylation sites (tertiary alicyclic amines) is 1. The van der Waals surface area contributed by atoms with Gasteiger partial charge in [0.2, 0.25) is 5.91 Å². The smallest absolute Gasteiger partial charge is 0.310 e. The van der Waals surface area contributed by atoms with Crippen LogP contribution in [0.5, 0.6) is 0 Å². The molecule has 1 amide bonds. The SMILES string of the molecule is CCOC(=O)C1CCCN(C(=O)CCc2c(-c3ccc(Cl)cc3)nc3ccc(-c4ccccc4Cl)cn23)C1. The quantitative estimate of drug-likeness (QED) is 0.240. The number of esters is 1. The molecule has 3 heterocycles. The fraction of sp³-hybridized carbons (Fsp3) is 0.300. The lowest BCUT2D eigenvalue weighted by Gasteiger charge is -2.31. The van der Waals surface area contributed by atoms with Gasteiger partial charge in [-0.1, -0.05) is 53.5 Å². The molecule has 2 aromatic carbocycles. The number of aromatic nitrogens is 2. The number of halogens is 2. The molecular weight excluding hydrogens is 521 g/mol. The highest BCUT2D eigenvalue weighted by Crippen LogP contribution is 2.32. The number of ether oxygens (including phenoxy) is 1. The van der Waals surface area contributed by atoms with Crippen LogP contribution in [-0.2, 0) is 20.7 Å². The lowest BCUT2D eigenvalue weighted by molar-refractivity contribution is -0.151. The third-order valence-electron chi connectivity index (χ3n) is 6.99. The zero-order valence-electron chi connectivity index (χ0n) is 21.2. The van der Waals surface area contributed by atoms with Gasteiger partial charge in [-0.2, -0.15) is 0 Å². The van der Waals surface area contributed by atoms with Gasteiger partial charge in [0.1, 0.15) is 5.65 Å². The maximum Gasteiger partial charge on any atom is 0.310 e. The topological polar surface area (TPSA) is 63.9 Å². The average molecular weight is 550 g/mol. The number of carbonyl (C=O) groups excluding carboxylic acids is 2. The second-order valence-electron chi connectivity index (χ2n) is 9.47. The van der Waals surface area contributed by atoms with E-state index in [4.69, 9.17) is 32.9 Å². The van der Waals surface area contributed by atoms with E-state index in [-0.39, 0.29) is 17.8 Å². The summed E-state index contributed by atoms with van der Waals surface area (Å²) in [6.07, 6.45) is 4.37. The van der Waals surface area contributed by atoms with Gasteiger partial charge >= 0.3 is 5.97 Å². The molecule has 1 atom stereocenters. The van der Waals surface area contributed by atoms with Crippen LogP contribution in [0.3, 0.4) is 0 Å². The van der Waals surface area contributed by atoms with Gasteiger partial charge < -0.3 is 14.0 Å². The molecule has 8 heteroatoms. The van der Waals surface area contributed by atoms with E-state index in [2.05, 4.69) is 0 Å². The molecule has 5 rings (SSSR count). The molecule has 1 aliphatic heterocycles. The summed E-state index contributed by atoms with van der Waals surface area (Å²) in [6.45, 7) is 3.21. The predicted molar refractivity (Wildman–Crippen MR) is 150 cm³/mol. The Kier molecular flexibility index (Phi) is 8.01. The molecule has 1 fully saturated rings. The number of fused-ring (bicyclic) bond motifs is 1. The number of pyridine rings is 1. The van der Waals surface area contributed by atoms with E-state index < -0.39 is 0 Å². The summed E-state index contributed by atoms with van der Waals surface area (Å²) in [4.78, 5) is 32.3. The number of benzene rings is 2. The molecule has 1 saturated heterocycles. The van der Waals surface area contributed by atoms with Crippen LogP contribution in [0, 0.1) is 5.92 Å². The van der Waals surface area contributed by atoms with Crippen molar-refractivity contribution in [2.24, 2.45) is 5.92 Å². The average Bonchev–Trinajstić information content (AvgIpc) is 3.30. The summed E-state index contributed by atoms with van der Waals surface area (Å²) in [6, 6.07) is 19.3. The lowest BCUT2D eigenvalue weighted by Crippen LogP contribution is -2.42. The summed E-state index contributed by atoms with van der Waals surface area (Å²) >= 11 is 12.6. The van der Waals surface area contributed by atoms with Crippen LogP contribution in [0.2, 0.25) is 10.0 Å². The zero-order chi connectivity index (χ0) is 26.6. The summed E-state index contributed by atoms with van der Waals surface area (Å²) in [5.74, 6) is -0.451. The highest BCUT2D eigenvalue weighted by Gasteiger charge is 2.29. The van der Waals surface area contributed by atoms with E-state index in [1.165, 1.54) is 0 Å². The summed E-state index contributed by atoms with van der Waals surface area (Å²) < 4.78 is 7.25. The van der Waals surface area contributed by atoms with E-state index in [9.17, 15) is 9.59 Å². The van der Waals surface area contributed by atoms with Crippen molar-refractivity contribution >= 4 is 40.7 Å². The van der Waals surface area contributed by atoms with E-state index in [0.29, 0.717) is 42.6 Å². The fourth-order valence-electron chi connectivity index (χ4n) is 5.07. The van der Waals surface area contributed by atoms with Crippen LogP contribution in [0.4, 0.5) is 0 Å². The molecule has 4 aromatic rings. The third kappa shape index (κ3) is 5.57. The third-order valence-corrected chi connectivity index (χ3v) is 7.57. The zero-order valence-corrected chi connectivity index (χ0v) is 22.7. The minimum Gasteiger partial charge on any atom is -0.466 e. The second-order valence-corrected chi connectivity index (χ2v) is 10.3. The number of amides is 1. The van der Waals surface area contributed by atoms with Gasteiger partial charge in [-0.05, 0) is 62.1 Å². The first-order valence-corrected chi connectivity index (χ1v) is 13.7. The Hall–Kier alpha value is -3.35. The van der Waals surface area contributed by atoms with Crippen molar-refractivity contribution in [2.45, 2.75) is 32.6 Å². The maximum atomic E-state index is 13.3. The van der Waals surface area contributed by atoms with Gasteiger partial charge in [0.25, 0.3) is 0 Å². The number of hydrogen-bond acceptors (Lipinski definition) is 4. The molecule has 0 bridgehead atoms. The van der Waals surface area contributed by atoms with Crippen molar-refractivity contribution in [3.8, 4) is 22.4 Å². The van der Waals surface area contributed by atoms with Gasteiger partial charge in [0.05, 0.1) is 23.9 Å². The first-order valence-electron chi connectivity index (χ1n) is 12.9. The first-order chi connectivity index (χ1) is 18.4. The van der Waals surface area contributed by atoms with Gasteiger partial charge in [-0.15, -0.1) is 0 Å². The van der Waals surface area contributed by atoms with Crippen LogP contribution in [0.1, 0.15) is 31.9 Å². The molecule has 2 aromatic heterocycles. The molecule has 38 heavy (non-hydrogen) atoms. The molecule has 196 valence electrons. The Bertz CT molecular complexity index is 1470. The molecule has 0 radical (unpaired) electrons. The molecule has 0 saturated carbocycles. The number of piperidine rings is 1. The molecular formula is C30H29Cl2N3O3. The highest BCUT2D eigenvalue weighted by atomic mass is 35.5. The van der Waals surface area contributed by atoms with Gasteiger partial charge in [-0.25, -0.2) is 4.98 Å². The van der Waals surface area contributed by atoms with Crippen molar-refractivity contribution in [1.82, 2.24) is 14.3 Å². The summed E-state index contributed by atoms with van der Waals surface area (Å²) in [7, 11) is 0. The minimum absolute atomic E-state index is 0.0262. The normalized spacial score (nSPS) is 15.6. The lowest BCUT2D eigenvalue weighted by atomic mass is 9.97. The largest absolute Gasteiger partial charge is 0.466 e. The highest BCUT2D eigenvalue weighted by molar-refractivity contribution is 6.33. The number of aryl methyl sites for hydroxylation is 1. The van der Waals surface area contributed by atoms with Crippen molar-refractivity contribution < 1.29 is 14.3 Å². The predicted octanol–water partition coefficient (Wildman–Crippen LogP) is 6.71. The van der Waals surface area contributed by atoms with Gasteiger partial charge in [0.15, 0.2) is 0 Å². The van der Waals surface area contributed by atoms with Crippen LogP contribution < -0.4 is 0 Å². The van der Waals surface area contributed by atoms with Crippen molar-refractivity contribution in [1.29, 1.82) is 0 Å². The van der Waals surface area contributed by atoms with Gasteiger partial charge in [0, 0.05) is 46.9 Å². The van der Waals surface area contributed by atoms with Crippen LogP contribution in [-0.4, -0.2) is 45.9 Å².